The van der Waals surface area contributed by atoms with Crippen LogP contribution < -0.4 is 10.9 Å². The number of fused-ring (bicyclic) bond motifs is 1. The van der Waals surface area contributed by atoms with E-state index in [2.05, 4.69) is 15.3 Å². The first-order valence-corrected chi connectivity index (χ1v) is 7.11. The van der Waals surface area contributed by atoms with Crippen molar-refractivity contribution in [1.82, 2.24) is 15.3 Å². The van der Waals surface area contributed by atoms with Crippen molar-refractivity contribution in [2.24, 2.45) is 0 Å². The van der Waals surface area contributed by atoms with Crippen molar-refractivity contribution >= 4 is 10.9 Å². The molecule has 5 heteroatoms. The zero-order chi connectivity index (χ0) is 14.2. The number of aromatic amines is 1. The Hall–Kier alpha value is -1.72. The molecule has 0 unspecified atom stereocenters. The van der Waals surface area contributed by atoms with Gasteiger partial charge in [0, 0.05) is 6.61 Å². The number of nitrogens with one attached hydrogen (secondary N) is 2. The number of H-pyrrole nitrogens is 1. The summed E-state index contributed by atoms with van der Waals surface area (Å²) in [7, 11) is 0. The number of benzene rings is 1. The van der Waals surface area contributed by atoms with E-state index in [1.54, 1.807) is 6.07 Å². The van der Waals surface area contributed by atoms with Crippen LogP contribution in [0, 0.1) is 0 Å². The standard InChI is InChI=1S/C15H21N3O2/c19-10-6-2-1-5-9-16-11-14-17-13-8-4-3-7-12(13)15(20)18-14/h3-4,7-8,16,19H,1-2,5-6,9-11H2,(H,17,18,20). The molecule has 3 N–H and O–H groups in total. The van der Waals surface area contributed by atoms with E-state index >= 15 is 0 Å². The molecule has 0 saturated carbocycles. The van der Waals surface area contributed by atoms with Crippen molar-refractivity contribution < 1.29 is 5.11 Å². The summed E-state index contributed by atoms with van der Waals surface area (Å²) in [4.78, 5) is 19.1. The minimum Gasteiger partial charge on any atom is -0.396 e. The molecule has 0 spiro atoms. The first-order valence-electron chi connectivity index (χ1n) is 7.11. The Morgan fingerprint density at radius 3 is 2.80 bits per heavy atom. The fraction of sp³-hybridized carbons (Fsp3) is 0.467. The highest BCUT2D eigenvalue weighted by molar-refractivity contribution is 5.77. The molecule has 0 aliphatic carbocycles. The number of rotatable bonds is 8. The first-order chi connectivity index (χ1) is 9.81. The SMILES string of the molecule is O=c1[nH]c(CNCCCCCCO)nc2ccccc12. The fourth-order valence-electron chi connectivity index (χ4n) is 2.14. The number of nitrogens with zero attached hydrogens (tertiary/aromatic N) is 1. The molecule has 0 amide bonds. The molecule has 20 heavy (non-hydrogen) atoms. The highest BCUT2D eigenvalue weighted by atomic mass is 16.2. The quantitative estimate of drug-likeness (QED) is 0.639. The lowest BCUT2D eigenvalue weighted by molar-refractivity contribution is 0.282. The largest absolute Gasteiger partial charge is 0.396 e. The highest BCUT2D eigenvalue weighted by Crippen LogP contribution is 2.05. The molecule has 0 saturated heterocycles. The van der Waals surface area contributed by atoms with Gasteiger partial charge in [-0.05, 0) is 31.5 Å². The molecular weight excluding hydrogens is 254 g/mol. The van der Waals surface area contributed by atoms with Gasteiger partial charge >= 0.3 is 0 Å². The molecule has 0 bridgehead atoms. The molecule has 5 nitrogen and oxygen atoms in total. The van der Waals surface area contributed by atoms with Crippen LogP contribution >= 0.6 is 0 Å². The molecule has 1 aromatic carbocycles. The van der Waals surface area contributed by atoms with Crippen LogP contribution in [0.4, 0.5) is 0 Å². The van der Waals surface area contributed by atoms with Crippen LogP contribution in [0.3, 0.4) is 0 Å². The molecular formula is C15H21N3O2. The number of aliphatic hydroxyl groups is 1. The monoisotopic (exact) mass is 275 g/mol. The highest BCUT2D eigenvalue weighted by Gasteiger charge is 2.02. The maximum absolute atomic E-state index is 11.9. The van der Waals surface area contributed by atoms with Crippen LogP contribution in [0.1, 0.15) is 31.5 Å². The minimum atomic E-state index is -0.0876. The number of hydrogen-bond acceptors (Lipinski definition) is 4. The zero-order valence-electron chi connectivity index (χ0n) is 11.6. The van der Waals surface area contributed by atoms with Gasteiger partial charge in [0.2, 0.25) is 0 Å². The summed E-state index contributed by atoms with van der Waals surface area (Å²) in [6.07, 6.45) is 4.11. The molecule has 2 rings (SSSR count). The van der Waals surface area contributed by atoms with Gasteiger partial charge < -0.3 is 15.4 Å². The maximum atomic E-state index is 11.9. The van der Waals surface area contributed by atoms with Gasteiger partial charge in [-0.1, -0.05) is 25.0 Å². The number of aromatic nitrogens is 2. The molecule has 108 valence electrons. The van der Waals surface area contributed by atoms with Gasteiger partial charge in [-0.3, -0.25) is 4.79 Å². The Bertz CT molecular complexity index is 595. The van der Waals surface area contributed by atoms with Gasteiger partial charge in [0.05, 0.1) is 17.4 Å². The minimum absolute atomic E-state index is 0.0876. The van der Waals surface area contributed by atoms with E-state index in [0.29, 0.717) is 17.8 Å². The molecule has 0 fully saturated rings. The van der Waals surface area contributed by atoms with Crippen molar-refractivity contribution in [3.8, 4) is 0 Å². The Labute approximate surface area is 118 Å². The molecule has 0 aliphatic heterocycles. The molecule has 0 atom stereocenters. The second kappa shape index (κ2) is 7.77. The van der Waals surface area contributed by atoms with E-state index in [9.17, 15) is 4.79 Å². The van der Waals surface area contributed by atoms with Gasteiger partial charge in [-0.15, -0.1) is 0 Å². The fourth-order valence-corrected chi connectivity index (χ4v) is 2.14. The third-order valence-corrected chi connectivity index (χ3v) is 3.22. The van der Waals surface area contributed by atoms with Crippen LogP contribution in [0.2, 0.25) is 0 Å². The van der Waals surface area contributed by atoms with Crippen molar-refractivity contribution in [1.29, 1.82) is 0 Å². The average Bonchev–Trinajstić information content (AvgIpc) is 2.46. The third kappa shape index (κ3) is 4.15. The number of hydrogen-bond donors (Lipinski definition) is 3. The second-order valence-electron chi connectivity index (χ2n) is 4.84. The van der Waals surface area contributed by atoms with Crippen molar-refractivity contribution in [2.45, 2.75) is 32.2 Å². The normalized spacial score (nSPS) is 11.1. The van der Waals surface area contributed by atoms with Crippen LogP contribution in [-0.4, -0.2) is 28.2 Å². The number of unbranched alkanes of at least 4 members (excludes halogenated alkanes) is 3. The van der Waals surface area contributed by atoms with Gasteiger partial charge in [-0.2, -0.15) is 0 Å². The van der Waals surface area contributed by atoms with Crippen molar-refractivity contribution in [3.63, 3.8) is 0 Å². The average molecular weight is 275 g/mol. The summed E-state index contributed by atoms with van der Waals surface area (Å²) in [6.45, 7) is 1.73. The Balaban J connectivity index is 1.83. The lowest BCUT2D eigenvalue weighted by atomic mass is 10.2. The summed E-state index contributed by atoms with van der Waals surface area (Å²) in [5, 5.41) is 12.6. The summed E-state index contributed by atoms with van der Waals surface area (Å²) < 4.78 is 0. The Morgan fingerprint density at radius 1 is 1.15 bits per heavy atom. The second-order valence-corrected chi connectivity index (χ2v) is 4.84. The lowest BCUT2D eigenvalue weighted by Crippen LogP contribution is -2.20. The summed E-state index contributed by atoms with van der Waals surface area (Å²) >= 11 is 0. The van der Waals surface area contributed by atoms with Crippen molar-refractivity contribution in [2.75, 3.05) is 13.2 Å². The van der Waals surface area contributed by atoms with E-state index in [1.807, 2.05) is 18.2 Å². The summed E-state index contributed by atoms with van der Waals surface area (Å²) in [6, 6.07) is 7.35. The summed E-state index contributed by atoms with van der Waals surface area (Å²) in [5.74, 6) is 0.670. The van der Waals surface area contributed by atoms with Crippen LogP contribution in [0.15, 0.2) is 29.1 Å². The van der Waals surface area contributed by atoms with E-state index in [-0.39, 0.29) is 12.2 Å². The number of aliphatic hydroxyl groups excluding tert-OH is 1. The zero-order valence-corrected chi connectivity index (χ0v) is 11.6. The molecule has 0 radical (unpaired) electrons. The van der Waals surface area contributed by atoms with Gasteiger partial charge in [-0.25, -0.2) is 4.98 Å². The van der Waals surface area contributed by atoms with Gasteiger partial charge in [0.1, 0.15) is 5.82 Å². The first kappa shape index (κ1) is 14.7. The predicted molar refractivity (Wildman–Crippen MR) is 79.6 cm³/mol. The molecule has 0 aliphatic rings. The van der Waals surface area contributed by atoms with Crippen LogP contribution in [-0.2, 0) is 6.54 Å². The van der Waals surface area contributed by atoms with Crippen molar-refractivity contribution in [3.05, 3.63) is 40.4 Å². The smallest absolute Gasteiger partial charge is 0.258 e. The van der Waals surface area contributed by atoms with Crippen LogP contribution in [0.25, 0.3) is 10.9 Å². The topological polar surface area (TPSA) is 78.0 Å². The molecule has 1 aromatic heterocycles. The lowest BCUT2D eigenvalue weighted by Gasteiger charge is -2.05. The number of para-hydroxylation sites is 1. The maximum Gasteiger partial charge on any atom is 0.258 e. The van der Waals surface area contributed by atoms with E-state index in [1.165, 1.54) is 0 Å². The van der Waals surface area contributed by atoms with E-state index in [4.69, 9.17) is 5.11 Å². The Kier molecular flexibility index (Phi) is 5.70. The molecule has 2 aromatic rings. The van der Waals surface area contributed by atoms with Crippen LogP contribution in [0.5, 0.6) is 0 Å². The van der Waals surface area contributed by atoms with Gasteiger partial charge in [0.25, 0.3) is 5.56 Å². The Morgan fingerprint density at radius 2 is 1.95 bits per heavy atom. The molecule has 1 heterocycles. The van der Waals surface area contributed by atoms with E-state index < -0.39 is 0 Å². The third-order valence-electron chi connectivity index (χ3n) is 3.22. The van der Waals surface area contributed by atoms with Gasteiger partial charge in [0.15, 0.2) is 0 Å². The summed E-state index contributed by atoms with van der Waals surface area (Å²) in [5.41, 5.74) is 0.645. The van der Waals surface area contributed by atoms with E-state index in [0.717, 1.165) is 37.7 Å². The predicted octanol–water partition coefficient (Wildman–Crippen LogP) is 1.57.